The van der Waals surface area contributed by atoms with Crippen molar-refractivity contribution in [1.29, 1.82) is 0 Å². The third-order valence-electron chi connectivity index (χ3n) is 1.39. The monoisotopic (exact) mass is 220 g/mol. The van der Waals surface area contributed by atoms with Crippen molar-refractivity contribution in [2.75, 3.05) is 23.9 Å². The summed E-state index contributed by atoms with van der Waals surface area (Å²) in [6.45, 7) is 0.409. The predicted molar refractivity (Wildman–Crippen MR) is 50.4 cm³/mol. The summed E-state index contributed by atoms with van der Waals surface area (Å²) in [5, 5.41) is 9.88. The molecule has 0 spiro atoms. The third kappa shape index (κ3) is 3.71. The zero-order chi connectivity index (χ0) is 10.6. The molecule has 0 aliphatic heterocycles. The number of hydrogen-bond donors (Lipinski definition) is 2. The summed E-state index contributed by atoms with van der Waals surface area (Å²) in [5.41, 5.74) is 5.24. The number of hydrogen-bond acceptors (Lipinski definition) is 7. The molecule has 7 nitrogen and oxygen atoms in total. The second kappa shape index (κ2) is 4.38. The first-order valence-electron chi connectivity index (χ1n) is 3.95. The Morgan fingerprint density at radius 1 is 1.50 bits per heavy atom. The van der Waals surface area contributed by atoms with Crippen LogP contribution in [0.25, 0.3) is 0 Å². The number of nitrogens with zero attached hydrogens (tertiary/aromatic N) is 2. The van der Waals surface area contributed by atoms with E-state index in [1.165, 1.54) is 0 Å². The molecule has 3 N–H and O–H groups in total. The van der Waals surface area contributed by atoms with Gasteiger partial charge in [0.1, 0.15) is 9.84 Å². The highest BCUT2D eigenvalue weighted by Crippen LogP contribution is 2.03. The molecule has 1 heterocycles. The minimum Gasteiger partial charge on any atom is -0.407 e. The van der Waals surface area contributed by atoms with Crippen molar-refractivity contribution < 1.29 is 12.8 Å². The fourth-order valence-electron chi connectivity index (χ4n) is 0.751. The van der Waals surface area contributed by atoms with E-state index in [-0.39, 0.29) is 24.9 Å². The molecule has 0 saturated heterocycles. The van der Waals surface area contributed by atoms with Crippen LogP contribution in [-0.2, 0) is 16.4 Å². The van der Waals surface area contributed by atoms with Crippen molar-refractivity contribution in [2.24, 2.45) is 5.73 Å². The van der Waals surface area contributed by atoms with Crippen LogP contribution < -0.4 is 11.1 Å². The van der Waals surface area contributed by atoms with Crippen LogP contribution in [0.3, 0.4) is 0 Å². The number of nitrogens with one attached hydrogen (secondary N) is 1. The maximum Gasteiger partial charge on any atom is 0.315 e. The van der Waals surface area contributed by atoms with E-state index < -0.39 is 9.84 Å². The summed E-state index contributed by atoms with van der Waals surface area (Å²) >= 11 is 0. The molecule has 0 radical (unpaired) electrons. The summed E-state index contributed by atoms with van der Waals surface area (Å²) in [4.78, 5) is 0. The maximum absolute atomic E-state index is 10.8. The van der Waals surface area contributed by atoms with Gasteiger partial charge in [0, 0.05) is 12.8 Å². The fourth-order valence-corrected chi connectivity index (χ4v) is 1.22. The van der Waals surface area contributed by atoms with Crippen LogP contribution in [0.15, 0.2) is 4.42 Å². The molecule has 0 aliphatic rings. The highest BCUT2D eigenvalue weighted by molar-refractivity contribution is 7.90. The van der Waals surface area contributed by atoms with E-state index in [9.17, 15) is 8.42 Å². The minimum atomic E-state index is -2.97. The topological polar surface area (TPSA) is 111 Å². The van der Waals surface area contributed by atoms with Gasteiger partial charge < -0.3 is 15.5 Å². The molecule has 0 aliphatic carbocycles. The Morgan fingerprint density at radius 2 is 2.21 bits per heavy atom. The zero-order valence-corrected chi connectivity index (χ0v) is 8.54. The Labute approximate surface area is 81.6 Å². The van der Waals surface area contributed by atoms with E-state index in [1.54, 1.807) is 0 Å². The van der Waals surface area contributed by atoms with Crippen LogP contribution in [0, 0.1) is 0 Å². The molecule has 8 heteroatoms. The van der Waals surface area contributed by atoms with Gasteiger partial charge in [0.2, 0.25) is 5.89 Å². The molecule has 80 valence electrons. The van der Waals surface area contributed by atoms with Crippen LogP contribution in [0.1, 0.15) is 5.89 Å². The van der Waals surface area contributed by atoms with E-state index in [4.69, 9.17) is 10.2 Å². The Balaban J connectivity index is 2.39. The molecule has 0 bridgehead atoms. The highest BCUT2D eigenvalue weighted by atomic mass is 32.2. The van der Waals surface area contributed by atoms with Crippen molar-refractivity contribution in [3.8, 4) is 0 Å². The predicted octanol–water partition coefficient (Wildman–Crippen LogP) is -1.02. The molecule has 1 aromatic heterocycles. The molecule has 0 unspecified atom stereocenters. The van der Waals surface area contributed by atoms with Crippen molar-refractivity contribution >= 4 is 15.9 Å². The summed E-state index contributed by atoms with van der Waals surface area (Å²) in [6.07, 6.45) is 1.16. The molecule has 14 heavy (non-hydrogen) atoms. The first kappa shape index (κ1) is 10.9. The van der Waals surface area contributed by atoms with Crippen molar-refractivity contribution in [2.45, 2.75) is 6.54 Å². The van der Waals surface area contributed by atoms with Crippen LogP contribution in [-0.4, -0.2) is 37.2 Å². The zero-order valence-electron chi connectivity index (χ0n) is 7.73. The van der Waals surface area contributed by atoms with Crippen molar-refractivity contribution in [3.05, 3.63) is 5.89 Å². The molecular weight excluding hydrogens is 208 g/mol. The number of rotatable bonds is 5. The lowest BCUT2D eigenvalue weighted by Gasteiger charge is -1.98. The standard InChI is InChI=1S/C6H12N4O3S/c1-14(11,12)3-2-8-6-10-9-5(4-7)13-6/h2-4,7H2,1H3,(H,8,10). The van der Waals surface area contributed by atoms with E-state index >= 15 is 0 Å². The number of aromatic nitrogens is 2. The average Bonchev–Trinajstić information content (AvgIpc) is 2.50. The molecule has 0 amide bonds. The summed E-state index contributed by atoms with van der Waals surface area (Å²) in [5.74, 6) is 0.333. The number of nitrogens with two attached hydrogens (primary N) is 1. The summed E-state index contributed by atoms with van der Waals surface area (Å²) < 4.78 is 26.5. The first-order valence-corrected chi connectivity index (χ1v) is 6.01. The summed E-state index contributed by atoms with van der Waals surface area (Å²) in [7, 11) is -2.97. The van der Waals surface area contributed by atoms with Gasteiger partial charge >= 0.3 is 6.01 Å². The van der Waals surface area contributed by atoms with Crippen LogP contribution >= 0.6 is 0 Å². The van der Waals surface area contributed by atoms with Gasteiger partial charge in [0.15, 0.2) is 0 Å². The average molecular weight is 220 g/mol. The van der Waals surface area contributed by atoms with Crippen molar-refractivity contribution in [1.82, 2.24) is 10.2 Å². The Morgan fingerprint density at radius 3 is 2.71 bits per heavy atom. The smallest absolute Gasteiger partial charge is 0.315 e. The van der Waals surface area contributed by atoms with Gasteiger partial charge in [-0.1, -0.05) is 5.10 Å². The van der Waals surface area contributed by atoms with Gasteiger partial charge in [-0.25, -0.2) is 8.42 Å². The van der Waals surface area contributed by atoms with Gasteiger partial charge in [-0.15, -0.1) is 5.10 Å². The Kier molecular flexibility index (Phi) is 3.42. The molecule has 0 aromatic carbocycles. The molecule has 0 saturated carbocycles. The number of anilines is 1. The fraction of sp³-hybridized carbons (Fsp3) is 0.667. The number of sulfone groups is 1. The highest BCUT2D eigenvalue weighted by Gasteiger charge is 2.05. The molecule has 1 rings (SSSR count). The van der Waals surface area contributed by atoms with E-state index in [1.807, 2.05) is 0 Å². The lowest BCUT2D eigenvalue weighted by Crippen LogP contribution is -2.14. The van der Waals surface area contributed by atoms with E-state index in [0.717, 1.165) is 6.26 Å². The second-order valence-electron chi connectivity index (χ2n) is 2.76. The lowest BCUT2D eigenvalue weighted by atomic mass is 10.7. The molecule has 0 atom stereocenters. The van der Waals surface area contributed by atoms with Crippen LogP contribution in [0.4, 0.5) is 6.01 Å². The van der Waals surface area contributed by atoms with Crippen LogP contribution in [0.2, 0.25) is 0 Å². The minimum absolute atomic E-state index is 0.0212. The van der Waals surface area contributed by atoms with Crippen LogP contribution in [0.5, 0.6) is 0 Å². The van der Waals surface area contributed by atoms with Gasteiger partial charge in [-0.05, 0) is 0 Å². The lowest BCUT2D eigenvalue weighted by molar-refractivity contribution is 0.508. The van der Waals surface area contributed by atoms with Gasteiger partial charge in [0.25, 0.3) is 0 Å². The normalized spacial score (nSPS) is 11.6. The largest absolute Gasteiger partial charge is 0.407 e. The maximum atomic E-state index is 10.8. The quantitative estimate of drug-likeness (QED) is 0.653. The van der Waals surface area contributed by atoms with E-state index in [0.29, 0.717) is 5.89 Å². The third-order valence-corrected chi connectivity index (χ3v) is 2.34. The molecule has 0 fully saturated rings. The van der Waals surface area contributed by atoms with Crippen molar-refractivity contribution in [3.63, 3.8) is 0 Å². The Bertz CT molecular complexity index is 386. The SMILES string of the molecule is CS(=O)(=O)CCNc1nnc(CN)o1. The van der Waals surface area contributed by atoms with E-state index in [2.05, 4.69) is 15.5 Å². The molecule has 1 aromatic rings. The second-order valence-corrected chi connectivity index (χ2v) is 5.02. The Hall–Kier alpha value is -1.15. The van der Waals surface area contributed by atoms with Gasteiger partial charge in [-0.2, -0.15) is 0 Å². The molecular formula is C6H12N4O3S. The summed E-state index contributed by atoms with van der Waals surface area (Å²) in [6, 6.07) is 0.189. The van der Waals surface area contributed by atoms with Gasteiger partial charge in [0.05, 0.1) is 12.3 Å². The van der Waals surface area contributed by atoms with Gasteiger partial charge in [-0.3, -0.25) is 0 Å². The first-order chi connectivity index (χ1) is 6.51.